The maximum atomic E-state index is 13.0. The largest absolute Gasteiger partial charge is 0.339 e. The lowest BCUT2D eigenvalue weighted by Crippen LogP contribution is -2.15. The van der Waals surface area contributed by atoms with Crippen molar-refractivity contribution in [2.45, 2.75) is 55.8 Å². The van der Waals surface area contributed by atoms with Gasteiger partial charge in [-0.2, -0.15) is 4.98 Å². The SMILES string of the molecule is O=S(=O)(Nc1ccccc1Cc1nc(C2CC2)no1)c1ccc2c(c1)CCCC2. The first kappa shape index (κ1) is 18.4. The number of nitrogens with one attached hydrogen (secondary N) is 1. The second-order valence-corrected chi connectivity index (χ2v) is 9.58. The minimum Gasteiger partial charge on any atom is -0.339 e. The molecule has 0 atom stereocenters. The third kappa shape index (κ3) is 3.92. The number of hydrogen-bond donors (Lipinski definition) is 1. The van der Waals surface area contributed by atoms with Crippen LogP contribution in [0.15, 0.2) is 51.9 Å². The number of fused-ring (bicyclic) bond motifs is 1. The zero-order chi connectivity index (χ0) is 19.8. The molecule has 0 aliphatic heterocycles. The van der Waals surface area contributed by atoms with Crippen LogP contribution in [0.3, 0.4) is 0 Å². The number of nitrogens with zero attached hydrogens (tertiary/aromatic N) is 2. The van der Waals surface area contributed by atoms with Crippen LogP contribution >= 0.6 is 0 Å². The lowest BCUT2D eigenvalue weighted by Gasteiger charge is -2.17. The van der Waals surface area contributed by atoms with Gasteiger partial charge in [0.2, 0.25) is 5.89 Å². The van der Waals surface area contributed by atoms with Crippen molar-refractivity contribution in [3.05, 3.63) is 70.9 Å². The molecule has 1 fully saturated rings. The van der Waals surface area contributed by atoms with Gasteiger partial charge in [0.15, 0.2) is 5.82 Å². The molecule has 0 unspecified atom stereocenters. The van der Waals surface area contributed by atoms with Crippen LogP contribution in [0.5, 0.6) is 0 Å². The molecular formula is C22H23N3O3S. The lowest BCUT2D eigenvalue weighted by atomic mass is 9.92. The van der Waals surface area contributed by atoms with Crippen LogP contribution in [0.1, 0.15) is 60.0 Å². The van der Waals surface area contributed by atoms with E-state index in [1.54, 1.807) is 12.1 Å². The van der Waals surface area contributed by atoms with E-state index in [1.807, 2.05) is 30.3 Å². The summed E-state index contributed by atoms with van der Waals surface area (Å²) in [5.74, 6) is 1.68. The van der Waals surface area contributed by atoms with Crippen LogP contribution in [0.2, 0.25) is 0 Å². The highest BCUT2D eigenvalue weighted by atomic mass is 32.2. The second kappa shape index (κ2) is 7.30. The summed E-state index contributed by atoms with van der Waals surface area (Å²) >= 11 is 0. The predicted octanol–water partition coefficient (Wildman–Crippen LogP) is 4.22. The summed E-state index contributed by atoms with van der Waals surface area (Å²) < 4.78 is 34.2. The first-order valence-electron chi connectivity index (χ1n) is 10.1. The Bertz CT molecular complexity index is 1150. The maximum absolute atomic E-state index is 13.0. The Hall–Kier alpha value is -2.67. The van der Waals surface area contributed by atoms with Crippen molar-refractivity contribution in [2.24, 2.45) is 0 Å². The molecule has 2 aliphatic rings. The highest BCUT2D eigenvalue weighted by molar-refractivity contribution is 7.92. The Labute approximate surface area is 170 Å². The minimum atomic E-state index is -3.68. The molecule has 0 spiro atoms. The summed E-state index contributed by atoms with van der Waals surface area (Å²) in [7, 11) is -3.68. The molecule has 1 heterocycles. The first-order valence-corrected chi connectivity index (χ1v) is 11.6. The van der Waals surface area contributed by atoms with Crippen LogP contribution in [-0.2, 0) is 29.3 Å². The molecule has 1 saturated carbocycles. The van der Waals surface area contributed by atoms with E-state index in [9.17, 15) is 8.42 Å². The van der Waals surface area contributed by atoms with E-state index in [4.69, 9.17) is 4.52 Å². The normalized spacial score (nSPS) is 16.4. The summed E-state index contributed by atoms with van der Waals surface area (Å²) in [5, 5.41) is 4.04. The maximum Gasteiger partial charge on any atom is 0.261 e. The fourth-order valence-corrected chi connectivity index (χ4v) is 5.02. The molecule has 0 bridgehead atoms. The van der Waals surface area contributed by atoms with Crippen LogP contribution < -0.4 is 4.72 Å². The smallest absolute Gasteiger partial charge is 0.261 e. The van der Waals surface area contributed by atoms with Crippen LogP contribution in [0, 0.1) is 0 Å². The number of aryl methyl sites for hydroxylation is 2. The van der Waals surface area contributed by atoms with Gasteiger partial charge in [-0.1, -0.05) is 29.4 Å². The van der Waals surface area contributed by atoms with Gasteiger partial charge < -0.3 is 4.52 Å². The molecule has 6 nitrogen and oxygen atoms in total. The molecule has 3 aromatic rings. The Morgan fingerprint density at radius 3 is 2.66 bits per heavy atom. The third-order valence-electron chi connectivity index (χ3n) is 5.66. The van der Waals surface area contributed by atoms with Gasteiger partial charge in [-0.15, -0.1) is 0 Å². The van der Waals surface area contributed by atoms with Gasteiger partial charge in [-0.05, 0) is 73.4 Å². The van der Waals surface area contributed by atoms with Gasteiger partial charge >= 0.3 is 0 Å². The molecular weight excluding hydrogens is 386 g/mol. The predicted molar refractivity (Wildman–Crippen MR) is 109 cm³/mol. The molecule has 2 aromatic carbocycles. The number of anilines is 1. The van der Waals surface area contributed by atoms with E-state index in [2.05, 4.69) is 14.9 Å². The third-order valence-corrected chi connectivity index (χ3v) is 7.02. The minimum absolute atomic E-state index is 0.307. The Morgan fingerprint density at radius 2 is 1.83 bits per heavy atom. The Morgan fingerprint density at radius 1 is 1.03 bits per heavy atom. The highest BCUT2D eigenvalue weighted by Crippen LogP contribution is 2.38. The van der Waals surface area contributed by atoms with Gasteiger partial charge in [-0.25, -0.2) is 8.42 Å². The van der Waals surface area contributed by atoms with Gasteiger partial charge in [0.25, 0.3) is 10.0 Å². The van der Waals surface area contributed by atoms with Crippen molar-refractivity contribution in [2.75, 3.05) is 4.72 Å². The van der Waals surface area contributed by atoms with E-state index in [1.165, 1.54) is 12.0 Å². The fraction of sp³-hybridized carbons (Fsp3) is 0.364. The molecule has 2 aliphatic carbocycles. The Balaban J connectivity index is 1.39. The van der Waals surface area contributed by atoms with E-state index < -0.39 is 10.0 Å². The van der Waals surface area contributed by atoms with Crippen molar-refractivity contribution in [3.8, 4) is 0 Å². The molecule has 0 amide bonds. The van der Waals surface area contributed by atoms with Crippen LogP contribution in [-0.4, -0.2) is 18.6 Å². The standard InChI is InChI=1S/C22H23N3O3S/c26-29(27,19-12-11-15-5-1-2-6-17(15)13-19)25-20-8-4-3-7-18(20)14-21-23-22(24-28-21)16-9-10-16/h3-4,7-8,11-13,16,25H,1-2,5-6,9-10,14H2. The lowest BCUT2D eigenvalue weighted by molar-refractivity contribution is 0.379. The second-order valence-electron chi connectivity index (χ2n) is 7.90. The van der Waals surface area contributed by atoms with Crippen LogP contribution in [0.25, 0.3) is 0 Å². The summed E-state index contributed by atoms with van der Waals surface area (Å²) in [5.41, 5.74) is 3.75. The molecule has 1 aromatic heterocycles. The summed E-state index contributed by atoms with van der Waals surface area (Å²) in [6.07, 6.45) is 6.85. The number of sulfonamides is 1. The topological polar surface area (TPSA) is 85.1 Å². The molecule has 1 N–H and O–H groups in total. The van der Waals surface area contributed by atoms with E-state index in [0.29, 0.717) is 28.8 Å². The number of benzene rings is 2. The molecule has 0 saturated heterocycles. The summed E-state index contributed by atoms with van der Waals surface area (Å²) in [6.45, 7) is 0. The number of rotatable bonds is 6. The zero-order valence-corrected chi connectivity index (χ0v) is 16.9. The molecule has 150 valence electrons. The van der Waals surface area contributed by atoms with Crippen molar-refractivity contribution < 1.29 is 12.9 Å². The molecule has 29 heavy (non-hydrogen) atoms. The highest BCUT2D eigenvalue weighted by Gasteiger charge is 2.29. The average molecular weight is 410 g/mol. The fourth-order valence-electron chi connectivity index (χ4n) is 3.86. The first-order chi connectivity index (χ1) is 14.1. The summed E-state index contributed by atoms with van der Waals surface area (Å²) in [4.78, 5) is 4.76. The molecule has 0 radical (unpaired) electrons. The quantitative estimate of drug-likeness (QED) is 0.659. The average Bonchev–Trinajstić information content (AvgIpc) is 3.48. The number of aromatic nitrogens is 2. The van der Waals surface area contributed by atoms with E-state index >= 15 is 0 Å². The van der Waals surface area contributed by atoms with Gasteiger partial charge in [0.1, 0.15) is 0 Å². The van der Waals surface area contributed by atoms with E-state index in [-0.39, 0.29) is 0 Å². The van der Waals surface area contributed by atoms with E-state index in [0.717, 1.165) is 49.1 Å². The van der Waals surface area contributed by atoms with Crippen LogP contribution in [0.4, 0.5) is 5.69 Å². The zero-order valence-electron chi connectivity index (χ0n) is 16.1. The van der Waals surface area contributed by atoms with Crippen molar-refractivity contribution in [1.29, 1.82) is 0 Å². The Kier molecular flexibility index (Phi) is 4.62. The van der Waals surface area contributed by atoms with Gasteiger partial charge in [0.05, 0.1) is 17.0 Å². The number of hydrogen-bond acceptors (Lipinski definition) is 5. The number of para-hydroxylation sites is 1. The van der Waals surface area contributed by atoms with Crippen molar-refractivity contribution in [1.82, 2.24) is 10.1 Å². The molecule has 7 heteroatoms. The van der Waals surface area contributed by atoms with Gasteiger partial charge in [-0.3, -0.25) is 4.72 Å². The van der Waals surface area contributed by atoms with Crippen molar-refractivity contribution in [3.63, 3.8) is 0 Å². The van der Waals surface area contributed by atoms with Gasteiger partial charge in [0, 0.05) is 5.92 Å². The van der Waals surface area contributed by atoms with Crippen molar-refractivity contribution >= 4 is 15.7 Å². The summed E-state index contributed by atoms with van der Waals surface area (Å²) in [6, 6.07) is 12.8. The molecule has 5 rings (SSSR count). The monoisotopic (exact) mass is 409 g/mol.